The lowest BCUT2D eigenvalue weighted by molar-refractivity contribution is -0.384. The van der Waals surface area contributed by atoms with Crippen LogP contribution in [0.2, 0.25) is 5.02 Å². The van der Waals surface area contributed by atoms with Gasteiger partial charge in [0.2, 0.25) is 5.95 Å². The Morgan fingerprint density at radius 3 is 2.73 bits per heavy atom. The number of anilines is 2. The molecule has 1 aromatic heterocycles. The maximum absolute atomic E-state index is 10.8. The van der Waals surface area contributed by atoms with Gasteiger partial charge in [0.05, 0.1) is 11.5 Å². The zero-order valence-corrected chi connectivity index (χ0v) is 14.9. The highest BCUT2D eigenvalue weighted by Crippen LogP contribution is 2.17. The smallest absolute Gasteiger partial charge is 0.271 e. The molecule has 3 rings (SSSR count). The number of non-ortho nitro benzene ring substituents is 1. The first-order valence-electron chi connectivity index (χ1n) is 7.46. The van der Waals surface area contributed by atoms with Crippen molar-refractivity contribution < 1.29 is 4.92 Å². The zero-order chi connectivity index (χ0) is 18.5. The van der Waals surface area contributed by atoms with E-state index in [1.165, 1.54) is 12.1 Å². The van der Waals surface area contributed by atoms with E-state index < -0.39 is 4.92 Å². The summed E-state index contributed by atoms with van der Waals surface area (Å²) in [7, 11) is 0. The summed E-state index contributed by atoms with van der Waals surface area (Å²) in [4.78, 5) is 14.5. The molecular formula is C16H13ClN6O2S. The molecule has 10 heteroatoms. The van der Waals surface area contributed by atoms with Crippen molar-refractivity contribution in [2.45, 2.75) is 6.54 Å². The SMILES string of the molecule is O=[N+]([O-])c1cccc(NC(=S)Nc2ncn(Cc3ccc(Cl)cc3)n2)c1. The Bertz CT molecular complexity index is 944. The van der Waals surface area contributed by atoms with Crippen molar-refractivity contribution in [3.05, 3.63) is 75.6 Å². The van der Waals surface area contributed by atoms with E-state index in [1.807, 2.05) is 24.3 Å². The van der Waals surface area contributed by atoms with Crippen molar-refractivity contribution in [2.75, 3.05) is 10.6 Å². The maximum Gasteiger partial charge on any atom is 0.271 e. The first-order chi connectivity index (χ1) is 12.5. The molecule has 2 N–H and O–H groups in total. The fourth-order valence-corrected chi connectivity index (χ4v) is 2.50. The van der Waals surface area contributed by atoms with E-state index in [4.69, 9.17) is 23.8 Å². The van der Waals surface area contributed by atoms with Crippen LogP contribution in [0.5, 0.6) is 0 Å². The van der Waals surface area contributed by atoms with E-state index in [1.54, 1.807) is 23.1 Å². The van der Waals surface area contributed by atoms with Crippen molar-refractivity contribution in [3.63, 3.8) is 0 Å². The van der Waals surface area contributed by atoms with Gasteiger partial charge in [-0.05, 0) is 36.0 Å². The lowest BCUT2D eigenvalue weighted by atomic mass is 10.2. The van der Waals surface area contributed by atoms with Crippen molar-refractivity contribution in [2.24, 2.45) is 0 Å². The second kappa shape index (κ2) is 7.89. The van der Waals surface area contributed by atoms with Crippen molar-refractivity contribution in [3.8, 4) is 0 Å². The van der Waals surface area contributed by atoms with Gasteiger partial charge < -0.3 is 5.32 Å². The molecule has 0 aliphatic carbocycles. The lowest BCUT2D eigenvalue weighted by Crippen LogP contribution is -2.20. The molecule has 0 amide bonds. The number of nitro benzene ring substituents is 1. The van der Waals surface area contributed by atoms with Gasteiger partial charge in [0.1, 0.15) is 6.33 Å². The molecule has 26 heavy (non-hydrogen) atoms. The largest absolute Gasteiger partial charge is 0.332 e. The van der Waals surface area contributed by atoms with Crippen LogP contribution in [0.25, 0.3) is 0 Å². The van der Waals surface area contributed by atoms with Gasteiger partial charge in [-0.3, -0.25) is 15.4 Å². The Morgan fingerprint density at radius 1 is 1.23 bits per heavy atom. The molecule has 3 aromatic rings. The highest BCUT2D eigenvalue weighted by atomic mass is 35.5. The number of aromatic nitrogens is 3. The van der Waals surface area contributed by atoms with E-state index in [0.29, 0.717) is 23.2 Å². The molecule has 0 fully saturated rings. The van der Waals surface area contributed by atoms with Gasteiger partial charge in [0, 0.05) is 22.8 Å². The van der Waals surface area contributed by atoms with Gasteiger partial charge >= 0.3 is 0 Å². The number of hydrogen-bond acceptors (Lipinski definition) is 5. The number of rotatable bonds is 5. The summed E-state index contributed by atoms with van der Waals surface area (Å²) in [5.41, 5.74) is 1.50. The van der Waals surface area contributed by atoms with E-state index in [-0.39, 0.29) is 10.8 Å². The standard InChI is InChI=1S/C16H13ClN6O2S/c17-12-6-4-11(5-7-12)9-22-10-18-15(21-22)20-16(26)19-13-2-1-3-14(8-13)23(24)25/h1-8,10H,9H2,(H2,19,20,21,26). The van der Waals surface area contributed by atoms with Crippen LogP contribution in [-0.2, 0) is 6.54 Å². The van der Waals surface area contributed by atoms with E-state index in [9.17, 15) is 10.1 Å². The fourth-order valence-electron chi connectivity index (χ4n) is 2.17. The van der Waals surface area contributed by atoms with Crippen molar-refractivity contribution in [1.82, 2.24) is 14.8 Å². The second-order valence-corrected chi connectivity index (χ2v) is 6.12. The van der Waals surface area contributed by atoms with E-state index in [0.717, 1.165) is 5.56 Å². The van der Waals surface area contributed by atoms with Crippen LogP contribution in [0, 0.1) is 10.1 Å². The minimum atomic E-state index is -0.471. The van der Waals surface area contributed by atoms with Gasteiger partial charge in [0.15, 0.2) is 5.11 Å². The Morgan fingerprint density at radius 2 is 2.00 bits per heavy atom. The summed E-state index contributed by atoms with van der Waals surface area (Å²) < 4.78 is 1.65. The predicted molar refractivity (Wildman–Crippen MR) is 104 cm³/mol. The molecule has 8 nitrogen and oxygen atoms in total. The maximum atomic E-state index is 10.8. The van der Waals surface area contributed by atoms with E-state index in [2.05, 4.69) is 20.7 Å². The number of nitro groups is 1. The number of benzene rings is 2. The number of halogens is 1. The Balaban J connectivity index is 1.60. The minimum absolute atomic E-state index is 0.0248. The van der Waals surface area contributed by atoms with E-state index >= 15 is 0 Å². The molecule has 0 saturated heterocycles. The van der Waals surface area contributed by atoms with Crippen LogP contribution in [0.3, 0.4) is 0 Å². The number of nitrogens with zero attached hydrogens (tertiary/aromatic N) is 4. The molecule has 1 heterocycles. The summed E-state index contributed by atoms with van der Waals surface area (Å²) in [6.45, 7) is 0.539. The Labute approximate surface area is 159 Å². The third kappa shape index (κ3) is 4.74. The molecule has 0 aliphatic heterocycles. The molecule has 2 aromatic carbocycles. The molecule has 0 radical (unpaired) electrons. The van der Waals surface area contributed by atoms with Crippen LogP contribution < -0.4 is 10.6 Å². The van der Waals surface area contributed by atoms with Crippen molar-refractivity contribution in [1.29, 1.82) is 0 Å². The zero-order valence-electron chi connectivity index (χ0n) is 13.3. The monoisotopic (exact) mass is 388 g/mol. The van der Waals surface area contributed by atoms with Gasteiger partial charge in [0.25, 0.3) is 5.69 Å². The molecule has 0 bridgehead atoms. The fraction of sp³-hybridized carbons (Fsp3) is 0.0625. The molecular weight excluding hydrogens is 376 g/mol. The molecule has 0 spiro atoms. The topological polar surface area (TPSA) is 97.9 Å². The summed E-state index contributed by atoms with van der Waals surface area (Å²) in [5, 5.41) is 21.7. The predicted octanol–water partition coefficient (Wildman–Crippen LogP) is 3.70. The van der Waals surface area contributed by atoms with Crippen molar-refractivity contribution >= 4 is 46.3 Å². The normalized spacial score (nSPS) is 10.3. The first kappa shape index (κ1) is 17.8. The minimum Gasteiger partial charge on any atom is -0.332 e. The van der Waals surface area contributed by atoms with Crippen LogP contribution in [0.15, 0.2) is 54.9 Å². The lowest BCUT2D eigenvalue weighted by Gasteiger charge is -2.07. The summed E-state index contributed by atoms with van der Waals surface area (Å²) in [5.74, 6) is 0.321. The highest BCUT2D eigenvalue weighted by Gasteiger charge is 2.08. The molecule has 0 atom stereocenters. The summed E-state index contributed by atoms with van der Waals surface area (Å²) >= 11 is 11.1. The second-order valence-electron chi connectivity index (χ2n) is 5.28. The quantitative estimate of drug-likeness (QED) is 0.390. The molecule has 132 valence electrons. The number of hydrogen-bond donors (Lipinski definition) is 2. The summed E-state index contributed by atoms with van der Waals surface area (Å²) in [6.07, 6.45) is 1.58. The number of nitrogens with one attached hydrogen (secondary N) is 2. The van der Waals surface area contributed by atoms with Crippen LogP contribution in [0.1, 0.15) is 5.56 Å². The Hall–Kier alpha value is -3.04. The molecule has 0 aliphatic rings. The third-order valence-corrected chi connectivity index (χ3v) is 3.79. The van der Waals surface area contributed by atoms with Crippen LogP contribution >= 0.6 is 23.8 Å². The molecule has 0 unspecified atom stereocenters. The average molecular weight is 389 g/mol. The van der Waals surface area contributed by atoms with Crippen LogP contribution in [0.4, 0.5) is 17.3 Å². The van der Waals surface area contributed by atoms with Gasteiger partial charge in [-0.25, -0.2) is 9.67 Å². The summed E-state index contributed by atoms with van der Waals surface area (Å²) in [6, 6.07) is 13.5. The van der Waals surface area contributed by atoms with Gasteiger partial charge in [-0.2, -0.15) is 0 Å². The van der Waals surface area contributed by atoms with Gasteiger partial charge in [-0.15, -0.1) is 5.10 Å². The average Bonchev–Trinajstić information content (AvgIpc) is 3.04. The van der Waals surface area contributed by atoms with Gasteiger partial charge in [-0.1, -0.05) is 29.8 Å². The first-order valence-corrected chi connectivity index (χ1v) is 8.24. The highest BCUT2D eigenvalue weighted by molar-refractivity contribution is 7.80. The number of thiocarbonyl (C=S) groups is 1. The molecule has 0 saturated carbocycles. The Kier molecular flexibility index (Phi) is 5.40. The third-order valence-electron chi connectivity index (χ3n) is 3.33. The van der Waals surface area contributed by atoms with Crippen LogP contribution in [-0.4, -0.2) is 24.8 Å².